The fourth-order valence-electron chi connectivity index (χ4n) is 6.95. The molecule has 0 aliphatic carbocycles. The molecule has 3 aromatic rings. The van der Waals surface area contributed by atoms with Gasteiger partial charge in [-0.25, -0.2) is 9.59 Å². The Hall–Kier alpha value is -4.17. The van der Waals surface area contributed by atoms with Gasteiger partial charge in [0.1, 0.15) is 6.04 Å². The molecule has 0 unspecified atom stereocenters. The van der Waals surface area contributed by atoms with E-state index < -0.39 is 6.04 Å². The fraction of sp³-hybridized carbons (Fsp3) is 0.400. The first-order chi connectivity index (χ1) is 23.6. The normalized spacial score (nSPS) is 17.6. The number of halogens is 2. The number of amides is 6. The number of fused-ring (bicyclic) bond motifs is 1. The van der Waals surface area contributed by atoms with Crippen LogP contribution in [0.5, 0.6) is 0 Å². The molecule has 3 aliphatic heterocycles. The number of carbonyl (C=O) groups is 4. The maximum absolute atomic E-state index is 14.0. The van der Waals surface area contributed by atoms with Gasteiger partial charge in [-0.15, -0.1) is 0 Å². The van der Waals surface area contributed by atoms with Crippen molar-refractivity contribution in [2.45, 2.75) is 56.7 Å². The Morgan fingerprint density at radius 1 is 0.959 bits per heavy atom. The molecule has 3 aliphatic rings. The largest absolute Gasteiger partial charge is 0.397 e. The number of pyridine rings is 1. The summed E-state index contributed by atoms with van der Waals surface area (Å²) in [4.78, 5) is 62.4. The highest BCUT2D eigenvalue weighted by molar-refractivity contribution is 9.11. The zero-order valence-corrected chi connectivity index (χ0v) is 30.4. The number of anilines is 2. The molecule has 5 N–H and O–H groups in total. The average Bonchev–Trinajstić information content (AvgIpc) is 3.12. The van der Waals surface area contributed by atoms with Crippen LogP contribution in [0, 0.1) is 0 Å². The Bertz CT molecular complexity index is 1700. The van der Waals surface area contributed by atoms with E-state index in [4.69, 9.17) is 5.73 Å². The van der Waals surface area contributed by atoms with Crippen LogP contribution in [0.3, 0.4) is 0 Å². The topological polar surface area (TPSA) is 153 Å². The zero-order chi connectivity index (χ0) is 34.7. The summed E-state index contributed by atoms with van der Waals surface area (Å²) < 4.78 is 1.43. The molecule has 4 heterocycles. The summed E-state index contributed by atoms with van der Waals surface area (Å²) in [5.74, 6) is 0.0402. The molecule has 2 saturated heterocycles. The van der Waals surface area contributed by atoms with Gasteiger partial charge in [0.25, 0.3) is 5.91 Å². The molecule has 258 valence electrons. The Morgan fingerprint density at radius 2 is 1.61 bits per heavy atom. The number of carbonyl (C=O) groups excluding carboxylic acids is 4. The minimum absolute atomic E-state index is 0.0561. The van der Waals surface area contributed by atoms with Gasteiger partial charge in [0.2, 0.25) is 5.91 Å². The van der Waals surface area contributed by atoms with E-state index in [1.807, 2.05) is 35.2 Å². The molecule has 14 heteroatoms. The summed E-state index contributed by atoms with van der Waals surface area (Å²) in [5.41, 5.74) is 10.8. The number of rotatable bonds is 7. The second-order valence-electron chi connectivity index (χ2n) is 12.8. The molecule has 6 amide bonds. The molecular weight excluding hydrogens is 756 g/mol. The number of hydrogen-bond donors (Lipinski definition) is 4. The molecule has 2 aromatic carbocycles. The predicted octanol–water partition coefficient (Wildman–Crippen LogP) is 5.09. The van der Waals surface area contributed by atoms with Crippen molar-refractivity contribution in [3.63, 3.8) is 0 Å². The number of benzene rings is 2. The van der Waals surface area contributed by atoms with Gasteiger partial charge in [0.15, 0.2) is 0 Å². The van der Waals surface area contributed by atoms with Crippen LogP contribution in [0.4, 0.5) is 21.0 Å². The number of likely N-dealkylation sites (tertiary alicyclic amines) is 2. The number of nitrogens with one attached hydrogen (secondary N) is 3. The van der Waals surface area contributed by atoms with E-state index in [1.165, 1.54) is 5.56 Å². The highest BCUT2D eigenvalue weighted by atomic mass is 79.9. The lowest BCUT2D eigenvalue weighted by Crippen LogP contribution is -2.57. The number of aromatic nitrogens is 1. The van der Waals surface area contributed by atoms with Crippen molar-refractivity contribution in [2.75, 3.05) is 44.3 Å². The molecule has 0 spiro atoms. The van der Waals surface area contributed by atoms with E-state index in [0.29, 0.717) is 83.8 Å². The molecule has 12 nitrogen and oxygen atoms in total. The standard InChI is InChI=1S/C35H40Br2N8O4/c1-39-32(46)24-2-3-25-20-45(35(49)41-29(25)19-24)26-8-14-44(15-9-26)34(48)42-30(18-21-16-27(36)31(38)28(37)17-21)33(47)43-12-6-23(7-13-43)22-4-10-40-11-5-22/h2-5,10-11,16-17,19,23,26,30H,6-9,12-15,18,20,38H2,1H3,(H,39,46)(H,41,49)(H,42,48)/t30-/m1/s1. The lowest BCUT2D eigenvalue weighted by molar-refractivity contribution is -0.134. The van der Waals surface area contributed by atoms with E-state index >= 15 is 0 Å². The van der Waals surface area contributed by atoms with Crippen LogP contribution in [-0.4, -0.2) is 88.9 Å². The van der Waals surface area contributed by atoms with E-state index in [1.54, 1.807) is 41.4 Å². The lowest BCUT2D eigenvalue weighted by atomic mass is 9.89. The highest BCUT2D eigenvalue weighted by Crippen LogP contribution is 2.32. The minimum atomic E-state index is -0.769. The maximum atomic E-state index is 14.0. The van der Waals surface area contributed by atoms with Gasteiger partial charge in [-0.3, -0.25) is 14.6 Å². The number of hydrogen-bond acceptors (Lipinski definition) is 6. The van der Waals surface area contributed by atoms with Crippen LogP contribution in [-0.2, 0) is 17.8 Å². The number of nitrogen functional groups attached to an aromatic ring is 1. The summed E-state index contributed by atoms with van der Waals surface area (Å²) in [6.07, 6.45) is 6.79. The van der Waals surface area contributed by atoms with Gasteiger partial charge in [-0.2, -0.15) is 0 Å². The van der Waals surface area contributed by atoms with Crippen LogP contribution in [0.2, 0.25) is 0 Å². The van der Waals surface area contributed by atoms with Gasteiger partial charge in [-0.1, -0.05) is 6.07 Å². The van der Waals surface area contributed by atoms with E-state index in [2.05, 4.69) is 52.8 Å². The van der Waals surface area contributed by atoms with Gasteiger partial charge >= 0.3 is 12.1 Å². The van der Waals surface area contributed by atoms with Gasteiger partial charge in [-0.05, 0) is 117 Å². The fourth-order valence-corrected chi connectivity index (χ4v) is 8.24. The molecule has 0 saturated carbocycles. The second kappa shape index (κ2) is 15.2. The summed E-state index contributed by atoms with van der Waals surface area (Å²) in [5, 5.41) is 8.60. The third-order valence-electron chi connectivity index (χ3n) is 9.79. The van der Waals surface area contributed by atoms with Crippen molar-refractivity contribution in [1.82, 2.24) is 30.3 Å². The number of piperidine rings is 2. The van der Waals surface area contributed by atoms with Crippen molar-refractivity contribution in [1.29, 1.82) is 0 Å². The third kappa shape index (κ3) is 7.85. The Morgan fingerprint density at radius 3 is 2.27 bits per heavy atom. The smallest absolute Gasteiger partial charge is 0.322 e. The van der Waals surface area contributed by atoms with Gasteiger partial charge in [0.05, 0.1) is 5.69 Å². The predicted molar refractivity (Wildman–Crippen MR) is 194 cm³/mol. The van der Waals surface area contributed by atoms with Crippen LogP contribution in [0.25, 0.3) is 0 Å². The van der Waals surface area contributed by atoms with E-state index in [-0.39, 0.29) is 29.9 Å². The second-order valence-corrected chi connectivity index (χ2v) is 14.5. The first-order valence-corrected chi connectivity index (χ1v) is 18.1. The quantitative estimate of drug-likeness (QED) is 0.245. The van der Waals surface area contributed by atoms with Gasteiger partial charge < -0.3 is 36.4 Å². The van der Waals surface area contributed by atoms with Crippen LogP contribution in [0.15, 0.2) is 63.8 Å². The summed E-state index contributed by atoms with van der Waals surface area (Å²) >= 11 is 7.01. The van der Waals surface area contributed by atoms with E-state index in [9.17, 15) is 19.2 Å². The monoisotopic (exact) mass is 794 g/mol. The number of nitrogens with zero attached hydrogens (tertiary/aromatic N) is 4. The Balaban J connectivity index is 1.10. The number of nitrogens with two attached hydrogens (primary N) is 1. The maximum Gasteiger partial charge on any atom is 0.322 e. The van der Waals surface area contributed by atoms with Gasteiger partial charge in [0, 0.05) is 84.8 Å². The molecule has 2 fully saturated rings. The zero-order valence-electron chi connectivity index (χ0n) is 27.3. The minimum Gasteiger partial charge on any atom is -0.397 e. The molecule has 6 rings (SSSR count). The Labute approximate surface area is 302 Å². The Kier molecular flexibility index (Phi) is 10.7. The molecule has 1 atom stereocenters. The first-order valence-electron chi connectivity index (χ1n) is 16.5. The highest BCUT2D eigenvalue weighted by Gasteiger charge is 2.35. The van der Waals surface area contributed by atoms with Crippen LogP contribution in [0.1, 0.15) is 58.6 Å². The van der Waals surface area contributed by atoms with Crippen molar-refractivity contribution in [3.05, 3.63) is 86.1 Å². The first kappa shape index (κ1) is 34.7. The number of urea groups is 2. The van der Waals surface area contributed by atoms with Crippen molar-refractivity contribution in [2.24, 2.45) is 0 Å². The molecule has 0 radical (unpaired) electrons. The molecule has 1 aromatic heterocycles. The van der Waals surface area contributed by atoms with Crippen molar-refractivity contribution < 1.29 is 19.2 Å². The van der Waals surface area contributed by atoms with Crippen LogP contribution < -0.4 is 21.7 Å². The SMILES string of the molecule is CNC(=O)c1ccc2c(c1)NC(=O)N(C1CCN(C(=O)N[C@H](Cc3cc(Br)c(N)c(Br)c3)C(=O)N3CCC(c4ccncc4)CC3)CC1)C2. The van der Waals surface area contributed by atoms with E-state index in [0.717, 1.165) is 24.0 Å². The summed E-state index contributed by atoms with van der Waals surface area (Å²) in [6.45, 7) is 2.52. The van der Waals surface area contributed by atoms with Crippen molar-refractivity contribution >= 4 is 67.1 Å². The lowest BCUT2D eigenvalue weighted by Gasteiger charge is -2.41. The molecule has 49 heavy (non-hydrogen) atoms. The van der Waals surface area contributed by atoms with Crippen molar-refractivity contribution in [3.8, 4) is 0 Å². The molecule has 0 bridgehead atoms. The third-order valence-corrected chi connectivity index (χ3v) is 11.1. The average molecular weight is 797 g/mol. The van der Waals surface area contributed by atoms with Crippen LogP contribution >= 0.6 is 31.9 Å². The summed E-state index contributed by atoms with van der Waals surface area (Å²) in [6, 6.07) is 11.8. The molecular formula is C35H40Br2N8O4. The summed E-state index contributed by atoms with van der Waals surface area (Å²) in [7, 11) is 1.57.